The van der Waals surface area contributed by atoms with E-state index < -0.39 is 0 Å². The fourth-order valence-corrected chi connectivity index (χ4v) is 2.58. The van der Waals surface area contributed by atoms with Crippen LogP contribution in [0.15, 0.2) is 18.2 Å². The molecule has 0 saturated heterocycles. The van der Waals surface area contributed by atoms with E-state index in [1.807, 2.05) is 6.07 Å². The monoisotopic (exact) mass is 306 g/mol. The third-order valence-electron chi connectivity index (χ3n) is 3.20. The average molecular weight is 306 g/mol. The summed E-state index contributed by atoms with van der Waals surface area (Å²) in [7, 11) is 0. The molecule has 21 heavy (non-hydrogen) atoms. The molecule has 2 aromatic rings. The number of nitrogens with zero attached hydrogens (tertiary/aromatic N) is 2. The quantitative estimate of drug-likeness (QED) is 0.655. The van der Waals surface area contributed by atoms with Gasteiger partial charge in [-0.15, -0.1) is 10.2 Å². The molecule has 114 valence electrons. The summed E-state index contributed by atoms with van der Waals surface area (Å²) in [6, 6.07) is 6.38. The summed E-state index contributed by atoms with van der Waals surface area (Å²) in [5, 5.41) is 9.31. The van der Waals surface area contributed by atoms with E-state index in [0.717, 1.165) is 17.2 Å². The van der Waals surface area contributed by atoms with E-state index in [2.05, 4.69) is 55.5 Å². The van der Waals surface area contributed by atoms with Gasteiger partial charge in [0, 0.05) is 0 Å². The third-order valence-corrected chi connectivity index (χ3v) is 4.03. The summed E-state index contributed by atoms with van der Waals surface area (Å²) in [4.78, 5) is 0. The number of aryl methyl sites for hydroxylation is 1. The van der Waals surface area contributed by atoms with Gasteiger partial charge in [0.05, 0.1) is 0 Å². The highest BCUT2D eigenvalue weighted by Crippen LogP contribution is 2.33. The van der Waals surface area contributed by atoms with Crippen LogP contribution in [0.4, 0.5) is 5.13 Å². The average Bonchev–Trinajstić information content (AvgIpc) is 2.92. The van der Waals surface area contributed by atoms with Crippen molar-refractivity contribution in [1.29, 1.82) is 0 Å². The van der Waals surface area contributed by atoms with E-state index in [9.17, 15) is 0 Å². The fraction of sp³-hybridized carbons (Fsp3) is 0.467. The summed E-state index contributed by atoms with van der Waals surface area (Å²) < 4.78 is 5.95. The zero-order chi connectivity index (χ0) is 15.5. The lowest BCUT2D eigenvalue weighted by Gasteiger charge is -2.23. The van der Waals surface area contributed by atoms with Gasteiger partial charge in [0.15, 0.2) is 5.01 Å². The minimum Gasteiger partial charge on any atom is -0.486 e. The Labute approximate surface area is 129 Å². The van der Waals surface area contributed by atoms with Crippen molar-refractivity contribution in [2.45, 2.75) is 46.1 Å². The Hall–Kier alpha value is -1.66. The number of hydrogen-bond donors (Lipinski definition) is 2. The Morgan fingerprint density at radius 3 is 2.62 bits per heavy atom. The van der Waals surface area contributed by atoms with Crippen molar-refractivity contribution in [2.75, 3.05) is 5.43 Å². The maximum Gasteiger partial charge on any atom is 0.219 e. The number of nitrogen functional groups attached to an aromatic ring is 1. The SMILES string of the molecule is CCc1ccc(OCc2nnc(NN)s2)c(C(C)(C)C)c1. The molecule has 0 aliphatic heterocycles. The van der Waals surface area contributed by atoms with Crippen LogP contribution in [0.2, 0.25) is 0 Å². The largest absolute Gasteiger partial charge is 0.486 e. The molecule has 0 atom stereocenters. The third kappa shape index (κ3) is 3.92. The molecule has 1 aromatic carbocycles. The molecule has 3 N–H and O–H groups in total. The Bertz CT molecular complexity index is 604. The van der Waals surface area contributed by atoms with Crippen LogP contribution >= 0.6 is 11.3 Å². The maximum absolute atomic E-state index is 5.95. The van der Waals surface area contributed by atoms with Crippen LogP contribution in [-0.2, 0) is 18.4 Å². The first-order valence-electron chi connectivity index (χ1n) is 6.99. The van der Waals surface area contributed by atoms with E-state index in [1.54, 1.807) is 0 Å². The second-order valence-corrected chi connectivity index (χ2v) is 6.93. The Kier molecular flexibility index (Phi) is 4.80. The minimum atomic E-state index is 0.0333. The molecule has 1 aromatic heterocycles. The molecule has 0 amide bonds. The summed E-state index contributed by atoms with van der Waals surface area (Å²) >= 11 is 1.39. The van der Waals surface area contributed by atoms with Crippen molar-refractivity contribution < 1.29 is 4.74 Å². The van der Waals surface area contributed by atoms with Crippen LogP contribution in [-0.4, -0.2) is 10.2 Å². The molecule has 1 heterocycles. The van der Waals surface area contributed by atoms with Gasteiger partial charge in [-0.05, 0) is 29.0 Å². The van der Waals surface area contributed by atoms with Gasteiger partial charge in [-0.2, -0.15) is 0 Å². The number of hydrogen-bond acceptors (Lipinski definition) is 6. The molecule has 0 aliphatic rings. The van der Waals surface area contributed by atoms with E-state index in [4.69, 9.17) is 10.6 Å². The van der Waals surface area contributed by atoms with E-state index in [0.29, 0.717) is 11.7 Å². The van der Waals surface area contributed by atoms with Crippen molar-refractivity contribution in [2.24, 2.45) is 5.84 Å². The summed E-state index contributed by atoms with van der Waals surface area (Å²) in [5.41, 5.74) is 5.05. The van der Waals surface area contributed by atoms with E-state index >= 15 is 0 Å². The van der Waals surface area contributed by atoms with Gasteiger partial charge in [0.1, 0.15) is 12.4 Å². The second-order valence-electron chi connectivity index (χ2n) is 5.87. The first-order chi connectivity index (χ1) is 9.94. The Balaban J connectivity index is 2.19. The zero-order valence-corrected chi connectivity index (χ0v) is 13.8. The van der Waals surface area contributed by atoms with Crippen molar-refractivity contribution >= 4 is 16.5 Å². The standard InChI is InChI=1S/C15H22N4OS/c1-5-10-6-7-12(11(8-10)15(2,3)4)20-9-13-18-19-14(17-16)21-13/h6-8H,5,9,16H2,1-4H3,(H,17,19). The Morgan fingerprint density at radius 1 is 1.29 bits per heavy atom. The lowest BCUT2D eigenvalue weighted by molar-refractivity contribution is 0.296. The van der Waals surface area contributed by atoms with Crippen LogP contribution in [0.3, 0.4) is 0 Å². The highest BCUT2D eigenvalue weighted by Gasteiger charge is 2.19. The minimum absolute atomic E-state index is 0.0333. The van der Waals surface area contributed by atoms with Gasteiger partial charge in [-0.3, -0.25) is 5.43 Å². The Morgan fingerprint density at radius 2 is 2.05 bits per heavy atom. The molecule has 0 unspecified atom stereocenters. The second kappa shape index (κ2) is 6.41. The van der Waals surface area contributed by atoms with Gasteiger partial charge in [0.2, 0.25) is 5.13 Å². The molecule has 0 radical (unpaired) electrons. The van der Waals surface area contributed by atoms with Gasteiger partial charge in [-0.1, -0.05) is 51.2 Å². The van der Waals surface area contributed by atoms with Crippen LogP contribution in [0, 0.1) is 0 Å². The molecule has 0 fully saturated rings. The molecule has 2 rings (SSSR count). The van der Waals surface area contributed by atoms with Crippen LogP contribution in [0.5, 0.6) is 5.75 Å². The van der Waals surface area contributed by atoms with Crippen LogP contribution in [0.1, 0.15) is 43.8 Å². The predicted octanol–water partition coefficient (Wildman–Crippen LogP) is 3.26. The molecular formula is C15H22N4OS. The molecule has 0 bridgehead atoms. The van der Waals surface area contributed by atoms with Gasteiger partial charge in [-0.25, -0.2) is 5.84 Å². The highest BCUT2D eigenvalue weighted by molar-refractivity contribution is 7.15. The van der Waals surface area contributed by atoms with E-state index in [1.165, 1.54) is 22.5 Å². The highest BCUT2D eigenvalue weighted by atomic mass is 32.1. The molecule has 0 aliphatic carbocycles. The molecule has 5 nitrogen and oxygen atoms in total. The van der Waals surface area contributed by atoms with Crippen molar-refractivity contribution in [3.8, 4) is 5.75 Å². The number of nitrogens with one attached hydrogen (secondary N) is 1. The van der Waals surface area contributed by atoms with Crippen LogP contribution < -0.4 is 16.0 Å². The summed E-state index contributed by atoms with van der Waals surface area (Å²) in [6.45, 7) is 9.13. The summed E-state index contributed by atoms with van der Waals surface area (Å²) in [5.74, 6) is 6.20. The number of hydrazine groups is 1. The van der Waals surface area contributed by atoms with Gasteiger partial charge in [0.25, 0.3) is 0 Å². The number of benzene rings is 1. The number of rotatable bonds is 5. The number of aromatic nitrogens is 2. The van der Waals surface area contributed by atoms with Gasteiger partial charge < -0.3 is 4.74 Å². The van der Waals surface area contributed by atoms with Crippen molar-refractivity contribution in [1.82, 2.24) is 10.2 Å². The number of anilines is 1. The summed E-state index contributed by atoms with van der Waals surface area (Å²) in [6.07, 6.45) is 1.02. The number of nitrogens with two attached hydrogens (primary N) is 1. The fourth-order valence-electron chi connectivity index (χ4n) is 2.02. The lowest BCUT2D eigenvalue weighted by atomic mass is 9.85. The normalized spacial score (nSPS) is 11.5. The van der Waals surface area contributed by atoms with Crippen molar-refractivity contribution in [3.63, 3.8) is 0 Å². The smallest absolute Gasteiger partial charge is 0.219 e. The molecular weight excluding hydrogens is 284 g/mol. The topological polar surface area (TPSA) is 73.1 Å². The zero-order valence-electron chi connectivity index (χ0n) is 12.9. The van der Waals surface area contributed by atoms with Crippen molar-refractivity contribution in [3.05, 3.63) is 34.3 Å². The van der Waals surface area contributed by atoms with E-state index in [-0.39, 0.29) is 5.41 Å². The number of ether oxygens (including phenoxy) is 1. The predicted molar refractivity (Wildman–Crippen MR) is 86.6 cm³/mol. The first-order valence-corrected chi connectivity index (χ1v) is 7.81. The van der Waals surface area contributed by atoms with Crippen LogP contribution in [0.25, 0.3) is 0 Å². The first kappa shape index (κ1) is 15.7. The lowest BCUT2D eigenvalue weighted by Crippen LogP contribution is -2.14. The van der Waals surface area contributed by atoms with Gasteiger partial charge >= 0.3 is 0 Å². The molecule has 0 spiro atoms. The molecule has 6 heteroatoms. The maximum atomic E-state index is 5.95. The molecule has 0 saturated carbocycles.